The van der Waals surface area contributed by atoms with Crippen LogP contribution in [0.5, 0.6) is 5.88 Å². The van der Waals surface area contributed by atoms with E-state index in [9.17, 15) is 0 Å². The molecule has 92 valence electrons. The summed E-state index contributed by atoms with van der Waals surface area (Å²) in [6, 6.07) is 4.90. The largest absolute Gasteiger partial charge is 0.474 e. The number of aryl methyl sites for hydroxylation is 1. The Bertz CT molecular complexity index is 397. The number of nitrogens with one attached hydrogen (secondary N) is 1. The first-order chi connectivity index (χ1) is 8.31. The van der Waals surface area contributed by atoms with Crippen molar-refractivity contribution >= 4 is 0 Å². The van der Waals surface area contributed by atoms with Crippen LogP contribution in [0.3, 0.4) is 0 Å². The Hall–Kier alpha value is -1.09. The van der Waals surface area contributed by atoms with E-state index in [4.69, 9.17) is 4.74 Å². The topological polar surface area (TPSA) is 34.1 Å². The summed E-state index contributed by atoms with van der Waals surface area (Å²) in [5.74, 6) is 0.794. The zero-order chi connectivity index (χ0) is 11.7. The molecule has 0 spiro atoms. The fourth-order valence-electron chi connectivity index (χ4n) is 2.02. The van der Waals surface area contributed by atoms with Crippen molar-refractivity contribution in [3.63, 3.8) is 0 Å². The highest BCUT2D eigenvalue weighted by Gasteiger charge is 2.21. The predicted octanol–water partition coefficient (Wildman–Crippen LogP) is 2.57. The van der Waals surface area contributed by atoms with Crippen molar-refractivity contribution in [1.29, 1.82) is 0 Å². The summed E-state index contributed by atoms with van der Waals surface area (Å²) in [7, 11) is 0. The summed E-state index contributed by atoms with van der Waals surface area (Å²) < 4.78 is 5.79. The van der Waals surface area contributed by atoms with Gasteiger partial charge >= 0.3 is 0 Å². The van der Waals surface area contributed by atoms with Crippen molar-refractivity contribution in [2.45, 2.75) is 57.7 Å². The van der Waals surface area contributed by atoms with Gasteiger partial charge in [0.2, 0.25) is 5.88 Å². The third-order valence-corrected chi connectivity index (χ3v) is 3.67. The molecule has 17 heavy (non-hydrogen) atoms. The van der Waals surface area contributed by atoms with Gasteiger partial charge in [0, 0.05) is 24.3 Å². The predicted molar refractivity (Wildman–Crippen MR) is 67.1 cm³/mol. The zero-order valence-corrected chi connectivity index (χ0v) is 10.4. The van der Waals surface area contributed by atoms with E-state index in [2.05, 4.69) is 23.3 Å². The highest BCUT2D eigenvalue weighted by Crippen LogP contribution is 2.25. The van der Waals surface area contributed by atoms with Crippen LogP contribution in [-0.4, -0.2) is 17.1 Å². The molecule has 0 atom stereocenters. The van der Waals surface area contributed by atoms with Crippen LogP contribution >= 0.6 is 0 Å². The molecule has 3 nitrogen and oxygen atoms in total. The Balaban J connectivity index is 1.60. The number of hydrogen-bond acceptors (Lipinski definition) is 3. The minimum absolute atomic E-state index is 0.414. The van der Waals surface area contributed by atoms with E-state index in [1.807, 2.05) is 6.07 Å². The molecule has 0 aliphatic heterocycles. The van der Waals surface area contributed by atoms with E-state index < -0.39 is 0 Å². The van der Waals surface area contributed by atoms with Crippen LogP contribution < -0.4 is 10.1 Å². The maximum Gasteiger partial charge on any atom is 0.213 e. The summed E-state index contributed by atoms with van der Waals surface area (Å²) in [4.78, 5) is 4.53. The molecule has 2 aliphatic rings. The minimum Gasteiger partial charge on any atom is -0.474 e. The third kappa shape index (κ3) is 2.78. The summed E-state index contributed by atoms with van der Waals surface area (Å²) in [5, 5.41) is 3.52. The van der Waals surface area contributed by atoms with E-state index in [1.54, 1.807) is 0 Å². The molecule has 1 aromatic rings. The van der Waals surface area contributed by atoms with Crippen LogP contribution in [-0.2, 0) is 6.54 Å². The van der Waals surface area contributed by atoms with E-state index in [-0.39, 0.29) is 0 Å². The van der Waals surface area contributed by atoms with Gasteiger partial charge in [0.25, 0.3) is 0 Å². The number of pyridine rings is 1. The van der Waals surface area contributed by atoms with Gasteiger partial charge in [-0.25, -0.2) is 4.98 Å². The second kappa shape index (κ2) is 4.65. The number of aromatic nitrogens is 1. The van der Waals surface area contributed by atoms with Gasteiger partial charge in [-0.05, 0) is 44.6 Å². The van der Waals surface area contributed by atoms with Crippen LogP contribution in [0.2, 0.25) is 0 Å². The van der Waals surface area contributed by atoms with Gasteiger partial charge < -0.3 is 10.1 Å². The second-order valence-electron chi connectivity index (χ2n) is 5.22. The molecule has 1 heterocycles. The standard InChI is InChI=1S/C14H20N2O/c1-10-11(9-15-12-6-7-12)5-8-14(16-10)17-13-3-2-4-13/h5,8,12-13,15H,2-4,6-7,9H2,1H3. The fourth-order valence-corrected chi connectivity index (χ4v) is 2.02. The van der Waals surface area contributed by atoms with Crippen molar-refractivity contribution in [2.75, 3.05) is 0 Å². The highest BCUT2D eigenvalue weighted by molar-refractivity contribution is 5.25. The molecule has 0 radical (unpaired) electrons. The van der Waals surface area contributed by atoms with Crippen LogP contribution in [0.1, 0.15) is 43.4 Å². The Morgan fingerprint density at radius 3 is 2.71 bits per heavy atom. The number of ether oxygens (including phenoxy) is 1. The molecule has 0 saturated heterocycles. The first-order valence-electron chi connectivity index (χ1n) is 6.68. The van der Waals surface area contributed by atoms with Gasteiger partial charge in [-0.3, -0.25) is 0 Å². The second-order valence-corrected chi connectivity index (χ2v) is 5.22. The Morgan fingerprint density at radius 2 is 2.12 bits per heavy atom. The van der Waals surface area contributed by atoms with Crippen molar-refractivity contribution in [3.05, 3.63) is 23.4 Å². The lowest BCUT2D eigenvalue weighted by Crippen LogP contribution is -2.25. The van der Waals surface area contributed by atoms with Gasteiger partial charge in [0.05, 0.1) is 0 Å². The molecule has 0 bridgehead atoms. The van der Waals surface area contributed by atoms with Gasteiger partial charge in [-0.2, -0.15) is 0 Å². The molecule has 3 heteroatoms. The number of hydrogen-bond donors (Lipinski definition) is 1. The fraction of sp³-hybridized carbons (Fsp3) is 0.643. The van der Waals surface area contributed by atoms with Crippen molar-refractivity contribution in [1.82, 2.24) is 10.3 Å². The maximum atomic E-state index is 5.79. The lowest BCUT2D eigenvalue weighted by molar-refractivity contribution is 0.114. The molecule has 1 N–H and O–H groups in total. The first-order valence-corrected chi connectivity index (χ1v) is 6.68. The zero-order valence-electron chi connectivity index (χ0n) is 10.4. The van der Waals surface area contributed by atoms with Crippen LogP contribution in [0.15, 0.2) is 12.1 Å². The van der Waals surface area contributed by atoms with Gasteiger partial charge in [-0.15, -0.1) is 0 Å². The van der Waals surface area contributed by atoms with Crippen LogP contribution in [0, 0.1) is 6.92 Å². The average Bonchev–Trinajstić information content (AvgIpc) is 3.06. The van der Waals surface area contributed by atoms with E-state index in [0.717, 1.165) is 24.2 Å². The SMILES string of the molecule is Cc1nc(OC2CCC2)ccc1CNC1CC1. The molecule has 3 rings (SSSR count). The smallest absolute Gasteiger partial charge is 0.213 e. The molecule has 1 aromatic heterocycles. The van der Waals surface area contributed by atoms with Crippen molar-refractivity contribution in [2.24, 2.45) is 0 Å². The molecule has 2 fully saturated rings. The third-order valence-electron chi connectivity index (χ3n) is 3.67. The summed E-state index contributed by atoms with van der Waals surface area (Å²) in [6.45, 7) is 3.00. The molecule has 2 saturated carbocycles. The summed E-state index contributed by atoms with van der Waals surface area (Å²) in [6.07, 6.45) is 6.74. The maximum absolute atomic E-state index is 5.79. The Labute approximate surface area is 103 Å². The normalized spacial score (nSPS) is 20.1. The van der Waals surface area contributed by atoms with Crippen molar-refractivity contribution < 1.29 is 4.74 Å². The Kier molecular flexibility index (Phi) is 3.02. The average molecular weight is 232 g/mol. The lowest BCUT2D eigenvalue weighted by atomic mass is 9.96. The number of rotatable bonds is 5. The molecule has 0 amide bonds. The van der Waals surface area contributed by atoms with Gasteiger partial charge in [0.15, 0.2) is 0 Å². The van der Waals surface area contributed by atoms with E-state index in [0.29, 0.717) is 6.10 Å². The quantitative estimate of drug-likeness (QED) is 0.847. The molecule has 0 unspecified atom stereocenters. The lowest BCUT2D eigenvalue weighted by Gasteiger charge is -2.25. The monoisotopic (exact) mass is 232 g/mol. The molecular weight excluding hydrogens is 212 g/mol. The summed E-state index contributed by atoms with van der Waals surface area (Å²) >= 11 is 0. The van der Waals surface area contributed by atoms with Crippen LogP contribution in [0.25, 0.3) is 0 Å². The molecule has 2 aliphatic carbocycles. The molecular formula is C14H20N2O. The highest BCUT2D eigenvalue weighted by atomic mass is 16.5. The molecule has 0 aromatic carbocycles. The van der Waals surface area contributed by atoms with Gasteiger partial charge in [0.1, 0.15) is 6.10 Å². The van der Waals surface area contributed by atoms with Crippen molar-refractivity contribution in [3.8, 4) is 5.88 Å². The first kappa shape index (κ1) is 11.0. The number of nitrogens with zero attached hydrogens (tertiary/aromatic N) is 1. The van der Waals surface area contributed by atoms with Crippen LogP contribution in [0.4, 0.5) is 0 Å². The van der Waals surface area contributed by atoms with Gasteiger partial charge in [-0.1, -0.05) is 6.07 Å². The summed E-state index contributed by atoms with van der Waals surface area (Å²) in [5.41, 5.74) is 2.38. The van der Waals surface area contributed by atoms with E-state index in [1.165, 1.54) is 37.7 Å². The minimum atomic E-state index is 0.414. The Morgan fingerprint density at radius 1 is 1.29 bits per heavy atom. The van der Waals surface area contributed by atoms with E-state index >= 15 is 0 Å².